The van der Waals surface area contributed by atoms with Gasteiger partial charge >= 0.3 is 0 Å². The Hall–Kier alpha value is -1.42. The molecule has 24 heavy (non-hydrogen) atoms. The van der Waals surface area contributed by atoms with Crippen LogP contribution < -0.4 is 0 Å². The summed E-state index contributed by atoms with van der Waals surface area (Å²) >= 11 is 2.17. The zero-order valence-corrected chi connectivity index (χ0v) is 16.5. The third-order valence-electron chi connectivity index (χ3n) is 4.41. The van der Waals surface area contributed by atoms with Gasteiger partial charge < -0.3 is 4.90 Å². The van der Waals surface area contributed by atoms with E-state index >= 15 is 0 Å². The summed E-state index contributed by atoms with van der Waals surface area (Å²) in [6.07, 6.45) is 4.00. The third kappa shape index (κ3) is 3.64. The Labute approximate surface area is 155 Å². The molecule has 0 atom stereocenters. The molecular formula is C16H23IN6O. The fraction of sp³-hybridized carbons (Fsp3) is 0.562. The highest BCUT2D eigenvalue weighted by molar-refractivity contribution is 14.1. The van der Waals surface area contributed by atoms with Crippen molar-refractivity contribution in [3.05, 3.63) is 32.9 Å². The van der Waals surface area contributed by atoms with E-state index in [1.165, 1.54) is 5.56 Å². The lowest BCUT2D eigenvalue weighted by molar-refractivity contribution is 0.0620. The Balaban J connectivity index is 1.58. The highest BCUT2D eigenvalue weighted by Gasteiger charge is 2.25. The molecule has 0 saturated carbocycles. The summed E-state index contributed by atoms with van der Waals surface area (Å²) in [4.78, 5) is 16.9. The summed E-state index contributed by atoms with van der Waals surface area (Å²) in [7, 11) is 1.84. The summed E-state index contributed by atoms with van der Waals surface area (Å²) in [5.74, 6) is 0.0367. The topological polar surface area (TPSA) is 59.2 Å². The highest BCUT2D eigenvalue weighted by atomic mass is 127. The van der Waals surface area contributed by atoms with Crippen LogP contribution in [0.4, 0.5) is 0 Å². The van der Waals surface area contributed by atoms with Crippen molar-refractivity contribution >= 4 is 28.5 Å². The minimum atomic E-state index is 0.0367. The first-order valence-corrected chi connectivity index (χ1v) is 9.29. The van der Waals surface area contributed by atoms with Crippen LogP contribution in [0.15, 0.2) is 12.4 Å². The normalized spacial score (nSPS) is 15.9. The SMILES string of the molecule is CCn1cc(CN2CCN(C(=O)c3nn(C)cc3I)CC2)c(C)n1. The van der Waals surface area contributed by atoms with E-state index in [4.69, 9.17) is 0 Å². The number of nitrogens with zero attached hydrogens (tertiary/aromatic N) is 6. The van der Waals surface area contributed by atoms with Gasteiger partial charge in [0.1, 0.15) is 0 Å². The summed E-state index contributed by atoms with van der Waals surface area (Å²) in [6, 6.07) is 0. The number of rotatable bonds is 4. The van der Waals surface area contributed by atoms with Crippen LogP contribution in [-0.2, 0) is 20.1 Å². The Kier molecular flexibility index (Phi) is 5.24. The van der Waals surface area contributed by atoms with Crippen LogP contribution in [0.2, 0.25) is 0 Å². The van der Waals surface area contributed by atoms with Crippen LogP contribution in [0.3, 0.4) is 0 Å². The van der Waals surface area contributed by atoms with Crippen molar-refractivity contribution in [1.29, 1.82) is 0 Å². The van der Waals surface area contributed by atoms with Crippen molar-refractivity contribution in [3.63, 3.8) is 0 Å². The lowest BCUT2D eigenvalue weighted by atomic mass is 10.2. The monoisotopic (exact) mass is 442 g/mol. The van der Waals surface area contributed by atoms with Gasteiger partial charge in [-0.15, -0.1) is 0 Å². The molecule has 0 spiro atoms. The maximum atomic E-state index is 12.6. The zero-order chi connectivity index (χ0) is 17.3. The number of carbonyl (C=O) groups is 1. The average molecular weight is 442 g/mol. The summed E-state index contributed by atoms with van der Waals surface area (Å²) < 4.78 is 4.58. The number of aromatic nitrogens is 4. The van der Waals surface area contributed by atoms with E-state index in [1.54, 1.807) is 4.68 Å². The van der Waals surface area contributed by atoms with Gasteiger partial charge in [-0.1, -0.05) is 0 Å². The lowest BCUT2D eigenvalue weighted by Gasteiger charge is -2.34. The second-order valence-electron chi connectivity index (χ2n) is 6.16. The number of carbonyl (C=O) groups excluding carboxylic acids is 1. The lowest BCUT2D eigenvalue weighted by Crippen LogP contribution is -2.48. The predicted octanol–water partition coefficient (Wildman–Crippen LogP) is 1.51. The first kappa shape index (κ1) is 17.4. The molecule has 1 amide bonds. The Bertz CT molecular complexity index is 729. The molecule has 0 aromatic carbocycles. The van der Waals surface area contributed by atoms with E-state index in [1.807, 2.05) is 22.8 Å². The van der Waals surface area contributed by atoms with Gasteiger partial charge in [-0.2, -0.15) is 10.2 Å². The van der Waals surface area contributed by atoms with Gasteiger partial charge in [0, 0.05) is 64.3 Å². The van der Waals surface area contributed by atoms with Gasteiger partial charge in [0.2, 0.25) is 0 Å². The van der Waals surface area contributed by atoms with Crippen LogP contribution in [0.1, 0.15) is 28.7 Å². The van der Waals surface area contributed by atoms with Crippen molar-refractivity contribution in [3.8, 4) is 0 Å². The molecule has 1 fully saturated rings. The smallest absolute Gasteiger partial charge is 0.275 e. The Morgan fingerprint density at radius 1 is 1.21 bits per heavy atom. The van der Waals surface area contributed by atoms with E-state index < -0.39 is 0 Å². The van der Waals surface area contributed by atoms with Gasteiger partial charge in [0.15, 0.2) is 5.69 Å². The summed E-state index contributed by atoms with van der Waals surface area (Å²) in [6.45, 7) is 9.20. The molecule has 3 heterocycles. The number of aryl methyl sites for hydroxylation is 3. The van der Waals surface area contributed by atoms with E-state index in [-0.39, 0.29) is 5.91 Å². The van der Waals surface area contributed by atoms with Crippen LogP contribution in [0.25, 0.3) is 0 Å². The van der Waals surface area contributed by atoms with Gasteiger partial charge in [-0.05, 0) is 36.4 Å². The predicted molar refractivity (Wildman–Crippen MR) is 99.7 cm³/mol. The Morgan fingerprint density at radius 3 is 2.46 bits per heavy atom. The number of amides is 1. The van der Waals surface area contributed by atoms with Crippen LogP contribution in [-0.4, -0.2) is 61.4 Å². The van der Waals surface area contributed by atoms with Crippen molar-refractivity contribution in [1.82, 2.24) is 29.4 Å². The molecule has 1 aliphatic rings. The van der Waals surface area contributed by atoms with Gasteiger partial charge in [0.05, 0.1) is 9.26 Å². The number of hydrogen-bond acceptors (Lipinski definition) is 4. The fourth-order valence-corrected chi connectivity index (χ4v) is 3.72. The van der Waals surface area contributed by atoms with Gasteiger partial charge in [-0.3, -0.25) is 19.1 Å². The maximum Gasteiger partial charge on any atom is 0.275 e. The molecule has 0 aliphatic carbocycles. The molecule has 0 N–H and O–H groups in total. The number of halogens is 1. The van der Waals surface area contributed by atoms with E-state index in [0.717, 1.165) is 48.5 Å². The summed E-state index contributed by atoms with van der Waals surface area (Å²) in [5, 5.41) is 8.79. The molecule has 0 radical (unpaired) electrons. The maximum absolute atomic E-state index is 12.6. The molecule has 1 saturated heterocycles. The standard InChI is InChI=1S/C16H23IN6O/c1-4-23-10-13(12(2)18-23)9-21-5-7-22(8-6-21)16(24)15-14(17)11-20(3)19-15/h10-11H,4-9H2,1-3H3. The molecule has 2 aromatic heterocycles. The van der Waals surface area contributed by atoms with Gasteiger partial charge in [0.25, 0.3) is 5.91 Å². The first-order chi connectivity index (χ1) is 11.5. The molecule has 1 aliphatic heterocycles. The molecule has 7 nitrogen and oxygen atoms in total. The summed E-state index contributed by atoms with van der Waals surface area (Å²) in [5.41, 5.74) is 2.93. The number of hydrogen-bond donors (Lipinski definition) is 0. The fourth-order valence-electron chi connectivity index (χ4n) is 2.98. The second kappa shape index (κ2) is 7.22. The second-order valence-corrected chi connectivity index (χ2v) is 7.33. The first-order valence-electron chi connectivity index (χ1n) is 8.21. The third-order valence-corrected chi connectivity index (χ3v) is 5.20. The van der Waals surface area contributed by atoms with E-state index in [0.29, 0.717) is 5.69 Å². The minimum absolute atomic E-state index is 0.0367. The Morgan fingerprint density at radius 2 is 1.92 bits per heavy atom. The molecular weight excluding hydrogens is 419 g/mol. The van der Waals surface area contributed by atoms with Crippen molar-refractivity contribution in [2.24, 2.45) is 7.05 Å². The average Bonchev–Trinajstić information content (AvgIpc) is 3.09. The molecule has 0 bridgehead atoms. The van der Waals surface area contributed by atoms with Gasteiger partial charge in [-0.25, -0.2) is 0 Å². The van der Waals surface area contributed by atoms with Crippen molar-refractivity contribution < 1.29 is 4.79 Å². The molecule has 130 valence electrons. The van der Waals surface area contributed by atoms with Crippen LogP contribution >= 0.6 is 22.6 Å². The quantitative estimate of drug-likeness (QED) is 0.674. The molecule has 8 heteroatoms. The minimum Gasteiger partial charge on any atom is -0.335 e. The van der Waals surface area contributed by atoms with Crippen LogP contribution in [0.5, 0.6) is 0 Å². The van der Waals surface area contributed by atoms with E-state index in [2.05, 4.69) is 57.7 Å². The highest BCUT2D eigenvalue weighted by Crippen LogP contribution is 2.16. The molecule has 3 rings (SSSR count). The van der Waals surface area contributed by atoms with Crippen LogP contribution in [0, 0.1) is 10.5 Å². The molecule has 2 aromatic rings. The zero-order valence-electron chi connectivity index (χ0n) is 14.4. The van der Waals surface area contributed by atoms with Crippen molar-refractivity contribution in [2.75, 3.05) is 26.2 Å². The van der Waals surface area contributed by atoms with E-state index in [9.17, 15) is 4.79 Å². The van der Waals surface area contributed by atoms with Crippen molar-refractivity contribution in [2.45, 2.75) is 26.9 Å². The number of piperazine rings is 1. The largest absolute Gasteiger partial charge is 0.335 e. The molecule has 0 unspecified atom stereocenters.